The van der Waals surface area contributed by atoms with Crippen LogP contribution in [0.2, 0.25) is 0 Å². The SMILES string of the molecule is CC(O)C(NC(=O)C(N)c1cnn(C)c1)C(=O)O. The van der Waals surface area contributed by atoms with E-state index in [0.29, 0.717) is 5.56 Å². The van der Waals surface area contributed by atoms with E-state index in [4.69, 9.17) is 10.8 Å². The molecule has 0 aliphatic rings. The van der Waals surface area contributed by atoms with Gasteiger partial charge in [-0.2, -0.15) is 5.10 Å². The van der Waals surface area contributed by atoms with Crippen molar-refractivity contribution >= 4 is 11.9 Å². The molecule has 1 rings (SSSR count). The highest BCUT2D eigenvalue weighted by atomic mass is 16.4. The van der Waals surface area contributed by atoms with Crippen molar-refractivity contribution in [1.82, 2.24) is 15.1 Å². The van der Waals surface area contributed by atoms with E-state index in [9.17, 15) is 14.7 Å². The molecule has 0 spiro atoms. The second-order valence-electron chi connectivity index (χ2n) is 3.99. The standard InChI is InChI=1S/C10H16N4O4/c1-5(15)8(10(17)18)13-9(16)7(11)6-3-12-14(2)4-6/h3-5,7-8,15H,11H2,1-2H3,(H,13,16)(H,17,18). The van der Waals surface area contributed by atoms with Gasteiger partial charge in [0.05, 0.1) is 12.3 Å². The van der Waals surface area contributed by atoms with Gasteiger partial charge in [0.15, 0.2) is 6.04 Å². The molecular formula is C10H16N4O4. The average Bonchev–Trinajstić information content (AvgIpc) is 2.70. The van der Waals surface area contributed by atoms with E-state index in [1.807, 2.05) is 0 Å². The number of hydrogen-bond acceptors (Lipinski definition) is 5. The molecule has 0 fully saturated rings. The van der Waals surface area contributed by atoms with Crippen LogP contribution in [0.3, 0.4) is 0 Å². The molecule has 0 aromatic carbocycles. The second-order valence-corrected chi connectivity index (χ2v) is 3.99. The summed E-state index contributed by atoms with van der Waals surface area (Å²) in [6.45, 7) is 1.27. The molecule has 3 atom stereocenters. The number of rotatable bonds is 5. The van der Waals surface area contributed by atoms with Crippen molar-refractivity contribution < 1.29 is 19.8 Å². The van der Waals surface area contributed by atoms with E-state index in [1.54, 1.807) is 13.2 Å². The number of nitrogens with one attached hydrogen (secondary N) is 1. The van der Waals surface area contributed by atoms with Gasteiger partial charge in [0.25, 0.3) is 0 Å². The minimum absolute atomic E-state index is 0.463. The van der Waals surface area contributed by atoms with Gasteiger partial charge in [-0.15, -0.1) is 0 Å². The van der Waals surface area contributed by atoms with Gasteiger partial charge in [-0.1, -0.05) is 0 Å². The molecule has 100 valence electrons. The van der Waals surface area contributed by atoms with Crippen LogP contribution in [0, 0.1) is 0 Å². The van der Waals surface area contributed by atoms with E-state index < -0.39 is 30.1 Å². The molecule has 0 bridgehead atoms. The molecule has 8 heteroatoms. The first kappa shape index (κ1) is 14.1. The highest BCUT2D eigenvalue weighted by molar-refractivity contribution is 5.87. The third-order valence-corrected chi connectivity index (χ3v) is 2.41. The Morgan fingerprint density at radius 3 is 2.56 bits per heavy atom. The Kier molecular flexibility index (Phi) is 4.40. The van der Waals surface area contributed by atoms with Crippen LogP contribution in [-0.2, 0) is 16.6 Å². The number of aliphatic hydroxyl groups excluding tert-OH is 1. The van der Waals surface area contributed by atoms with E-state index in [-0.39, 0.29) is 0 Å². The Balaban J connectivity index is 2.73. The summed E-state index contributed by atoms with van der Waals surface area (Å²) >= 11 is 0. The van der Waals surface area contributed by atoms with Crippen molar-refractivity contribution in [3.8, 4) is 0 Å². The highest BCUT2D eigenvalue weighted by Gasteiger charge is 2.28. The van der Waals surface area contributed by atoms with Crippen molar-refractivity contribution in [2.24, 2.45) is 12.8 Å². The zero-order valence-electron chi connectivity index (χ0n) is 10.1. The Labute approximate surface area is 103 Å². The predicted octanol–water partition coefficient (Wildman–Crippen LogP) is -1.63. The van der Waals surface area contributed by atoms with Crippen LogP contribution in [-0.4, -0.2) is 44.0 Å². The molecule has 1 aromatic heterocycles. The van der Waals surface area contributed by atoms with Crippen LogP contribution < -0.4 is 11.1 Å². The maximum absolute atomic E-state index is 11.7. The molecule has 1 aromatic rings. The summed E-state index contributed by atoms with van der Waals surface area (Å²) in [6.07, 6.45) is 1.76. The van der Waals surface area contributed by atoms with Gasteiger partial charge in [-0.25, -0.2) is 4.79 Å². The zero-order chi connectivity index (χ0) is 13.9. The van der Waals surface area contributed by atoms with Crippen LogP contribution in [0.1, 0.15) is 18.5 Å². The first-order chi connectivity index (χ1) is 8.32. The highest BCUT2D eigenvalue weighted by Crippen LogP contribution is 2.09. The number of nitrogens with zero attached hydrogens (tertiary/aromatic N) is 2. The summed E-state index contributed by atoms with van der Waals surface area (Å²) in [7, 11) is 1.67. The van der Waals surface area contributed by atoms with Gasteiger partial charge in [-0.05, 0) is 6.92 Å². The molecule has 0 saturated carbocycles. The number of carboxylic acids is 1. The van der Waals surface area contributed by atoms with Gasteiger partial charge in [-0.3, -0.25) is 9.48 Å². The van der Waals surface area contributed by atoms with Crippen LogP contribution in [0.15, 0.2) is 12.4 Å². The first-order valence-electron chi connectivity index (χ1n) is 5.28. The lowest BCUT2D eigenvalue weighted by molar-refractivity contribution is -0.145. The van der Waals surface area contributed by atoms with Gasteiger partial charge >= 0.3 is 5.97 Å². The lowest BCUT2D eigenvalue weighted by Gasteiger charge is -2.19. The minimum Gasteiger partial charge on any atom is -0.480 e. The summed E-state index contributed by atoms with van der Waals surface area (Å²) in [6, 6.07) is -2.42. The third-order valence-electron chi connectivity index (χ3n) is 2.41. The molecule has 8 nitrogen and oxygen atoms in total. The van der Waals surface area contributed by atoms with Crippen LogP contribution >= 0.6 is 0 Å². The number of hydrogen-bond donors (Lipinski definition) is 4. The Bertz CT molecular complexity index is 443. The number of aliphatic carboxylic acids is 1. The number of aryl methyl sites for hydroxylation is 1. The average molecular weight is 256 g/mol. The zero-order valence-corrected chi connectivity index (χ0v) is 10.1. The predicted molar refractivity (Wildman–Crippen MR) is 61.4 cm³/mol. The summed E-state index contributed by atoms with van der Waals surface area (Å²) in [5.74, 6) is -2.01. The smallest absolute Gasteiger partial charge is 0.328 e. The molecule has 5 N–H and O–H groups in total. The number of nitrogens with two attached hydrogens (primary N) is 1. The Morgan fingerprint density at radius 1 is 1.56 bits per heavy atom. The maximum Gasteiger partial charge on any atom is 0.328 e. The fourth-order valence-electron chi connectivity index (χ4n) is 1.38. The largest absolute Gasteiger partial charge is 0.480 e. The Hall–Kier alpha value is -1.93. The van der Waals surface area contributed by atoms with Crippen molar-refractivity contribution in [2.45, 2.75) is 25.1 Å². The van der Waals surface area contributed by atoms with Gasteiger partial charge < -0.3 is 21.3 Å². The number of carbonyl (C=O) groups is 2. The molecule has 0 aliphatic carbocycles. The molecule has 1 amide bonds. The minimum atomic E-state index is -1.39. The monoisotopic (exact) mass is 256 g/mol. The summed E-state index contributed by atoms with van der Waals surface area (Å²) in [4.78, 5) is 22.5. The van der Waals surface area contributed by atoms with Crippen molar-refractivity contribution in [3.05, 3.63) is 18.0 Å². The fraction of sp³-hybridized carbons (Fsp3) is 0.500. The van der Waals surface area contributed by atoms with Crippen molar-refractivity contribution in [1.29, 1.82) is 0 Å². The van der Waals surface area contributed by atoms with Crippen LogP contribution in [0.25, 0.3) is 0 Å². The van der Waals surface area contributed by atoms with E-state index in [2.05, 4.69) is 10.4 Å². The number of aliphatic hydroxyl groups is 1. The molecular weight excluding hydrogens is 240 g/mol. The summed E-state index contributed by atoms with van der Waals surface area (Å²) in [5, 5.41) is 24.1. The van der Waals surface area contributed by atoms with Crippen LogP contribution in [0.4, 0.5) is 0 Å². The van der Waals surface area contributed by atoms with Crippen molar-refractivity contribution in [2.75, 3.05) is 0 Å². The van der Waals surface area contributed by atoms with Gasteiger partial charge in [0, 0.05) is 18.8 Å². The van der Waals surface area contributed by atoms with Gasteiger partial charge in [0.1, 0.15) is 6.04 Å². The van der Waals surface area contributed by atoms with Crippen molar-refractivity contribution in [3.63, 3.8) is 0 Å². The lowest BCUT2D eigenvalue weighted by Crippen LogP contribution is -2.50. The van der Waals surface area contributed by atoms with E-state index >= 15 is 0 Å². The van der Waals surface area contributed by atoms with E-state index in [0.717, 1.165) is 0 Å². The number of aromatic nitrogens is 2. The second kappa shape index (κ2) is 5.61. The van der Waals surface area contributed by atoms with Crippen LogP contribution in [0.5, 0.6) is 0 Å². The molecule has 0 radical (unpaired) electrons. The number of amides is 1. The summed E-state index contributed by atoms with van der Waals surface area (Å²) < 4.78 is 1.48. The summed E-state index contributed by atoms with van der Waals surface area (Å²) in [5.41, 5.74) is 6.12. The normalized spacial score (nSPS) is 15.8. The molecule has 0 aliphatic heterocycles. The quantitative estimate of drug-likeness (QED) is 0.500. The maximum atomic E-state index is 11.7. The lowest BCUT2D eigenvalue weighted by atomic mass is 10.1. The third kappa shape index (κ3) is 3.28. The molecule has 1 heterocycles. The fourth-order valence-corrected chi connectivity index (χ4v) is 1.38. The topological polar surface area (TPSA) is 130 Å². The molecule has 18 heavy (non-hydrogen) atoms. The first-order valence-corrected chi connectivity index (χ1v) is 5.28. The van der Waals surface area contributed by atoms with E-state index in [1.165, 1.54) is 17.8 Å². The molecule has 0 saturated heterocycles. The number of carboxylic acid groups (broad SMARTS) is 1. The Morgan fingerprint density at radius 2 is 2.17 bits per heavy atom. The van der Waals surface area contributed by atoms with Gasteiger partial charge in [0.2, 0.25) is 5.91 Å². The number of carbonyl (C=O) groups excluding carboxylic acids is 1. The molecule has 3 unspecified atom stereocenters.